The molecule has 0 aliphatic carbocycles. The molecule has 208 valence electrons. The summed E-state index contributed by atoms with van der Waals surface area (Å²) in [5, 5.41) is 3.14. The molecule has 0 saturated heterocycles. The van der Waals surface area contributed by atoms with Gasteiger partial charge in [-0.05, 0) is 49.2 Å². The maximum absolute atomic E-state index is 13.9. The summed E-state index contributed by atoms with van der Waals surface area (Å²) in [6.07, 6.45) is 1.72. The van der Waals surface area contributed by atoms with E-state index in [1.807, 2.05) is 37.3 Å². The number of hydrogen-bond donors (Lipinski definition) is 1. The first-order valence-electron chi connectivity index (χ1n) is 12.7. The van der Waals surface area contributed by atoms with Crippen LogP contribution in [0.1, 0.15) is 32.3 Å². The Morgan fingerprint density at radius 3 is 2.26 bits per heavy atom. The van der Waals surface area contributed by atoms with Gasteiger partial charge in [0.25, 0.3) is 10.0 Å². The molecular weight excluding hydrogens is 538 g/mol. The molecule has 0 spiro atoms. The van der Waals surface area contributed by atoms with E-state index in [-0.39, 0.29) is 33.8 Å². The van der Waals surface area contributed by atoms with Gasteiger partial charge in [-0.3, -0.25) is 13.9 Å². The summed E-state index contributed by atoms with van der Waals surface area (Å²) in [7, 11) is -2.81. The average molecular weight is 572 g/mol. The van der Waals surface area contributed by atoms with Gasteiger partial charge >= 0.3 is 0 Å². The first kappa shape index (κ1) is 30.0. The van der Waals surface area contributed by atoms with Crippen molar-refractivity contribution in [3.05, 3.63) is 89.4 Å². The molecule has 0 radical (unpaired) electrons. The Balaban J connectivity index is 2.04. The maximum atomic E-state index is 13.9. The van der Waals surface area contributed by atoms with Crippen LogP contribution in [0.2, 0.25) is 5.02 Å². The molecule has 3 rings (SSSR count). The molecule has 3 aromatic rings. The molecule has 8 nitrogen and oxygen atoms in total. The van der Waals surface area contributed by atoms with E-state index in [1.54, 1.807) is 37.3 Å². The van der Waals surface area contributed by atoms with Crippen LogP contribution in [0.4, 0.5) is 5.69 Å². The van der Waals surface area contributed by atoms with Crippen molar-refractivity contribution in [2.75, 3.05) is 24.5 Å². The molecule has 3 aromatic carbocycles. The van der Waals surface area contributed by atoms with Crippen LogP contribution in [0.25, 0.3) is 0 Å². The van der Waals surface area contributed by atoms with Crippen molar-refractivity contribution in [1.29, 1.82) is 0 Å². The van der Waals surface area contributed by atoms with Gasteiger partial charge in [-0.2, -0.15) is 0 Å². The second-order valence-electron chi connectivity index (χ2n) is 8.97. The van der Waals surface area contributed by atoms with Crippen LogP contribution >= 0.6 is 11.6 Å². The lowest BCUT2D eigenvalue weighted by Gasteiger charge is -2.32. The SMILES string of the molecule is CCCCNC(=O)[C@@H](C)N(Cc1ccccc1)C(=O)CN(c1cc(Cl)ccc1OC)S(=O)(=O)c1ccccc1. The van der Waals surface area contributed by atoms with Gasteiger partial charge < -0.3 is 15.0 Å². The number of methoxy groups -OCH3 is 1. The highest BCUT2D eigenvalue weighted by Gasteiger charge is 2.33. The number of benzene rings is 3. The van der Waals surface area contributed by atoms with Gasteiger partial charge in [0.1, 0.15) is 18.3 Å². The van der Waals surface area contributed by atoms with Gasteiger partial charge in [0.2, 0.25) is 11.8 Å². The van der Waals surface area contributed by atoms with Gasteiger partial charge in [-0.15, -0.1) is 0 Å². The van der Waals surface area contributed by atoms with Crippen molar-refractivity contribution in [2.24, 2.45) is 0 Å². The number of sulfonamides is 1. The third-order valence-corrected chi connectivity index (χ3v) is 8.22. The lowest BCUT2D eigenvalue weighted by molar-refractivity contribution is -0.139. The minimum Gasteiger partial charge on any atom is -0.495 e. The van der Waals surface area contributed by atoms with E-state index in [1.165, 1.54) is 30.2 Å². The van der Waals surface area contributed by atoms with Crippen LogP contribution in [0, 0.1) is 0 Å². The highest BCUT2D eigenvalue weighted by molar-refractivity contribution is 7.92. The van der Waals surface area contributed by atoms with Crippen molar-refractivity contribution in [1.82, 2.24) is 10.2 Å². The third-order valence-electron chi connectivity index (χ3n) is 6.21. The minimum absolute atomic E-state index is 0.000190. The summed E-state index contributed by atoms with van der Waals surface area (Å²) in [5.74, 6) is -0.643. The van der Waals surface area contributed by atoms with Crippen LogP contribution in [-0.2, 0) is 26.2 Å². The van der Waals surface area contributed by atoms with Crippen LogP contribution in [0.5, 0.6) is 5.75 Å². The van der Waals surface area contributed by atoms with Crippen molar-refractivity contribution < 1.29 is 22.7 Å². The number of carbonyl (C=O) groups is 2. The first-order valence-corrected chi connectivity index (χ1v) is 14.5. The zero-order chi connectivity index (χ0) is 28.4. The number of ether oxygens (including phenoxy) is 1. The summed E-state index contributed by atoms with van der Waals surface area (Å²) < 4.78 is 34.2. The Morgan fingerprint density at radius 2 is 1.64 bits per heavy atom. The van der Waals surface area contributed by atoms with Crippen molar-refractivity contribution in [2.45, 2.75) is 44.2 Å². The molecule has 0 aliphatic heterocycles. The molecule has 0 bridgehead atoms. The van der Waals surface area contributed by atoms with Crippen LogP contribution in [0.15, 0.2) is 83.8 Å². The molecule has 1 atom stereocenters. The monoisotopic (exact) mass is 571 g/mol. The Kier molecular flexibility index (Phi) is 10.8. The second kappa shape index (κ2) is 14.0. The van der Waals surface area contributed by atoms with Gasteiger partial charge in [0, 0.05) is 18.1 Å². The number of halogens is 1. The molecule has 0 fully saturated rings. The number of anilines is 1. The lowest BCUT2D eigenvalue weighted by Crippen LogP contribution is -2.51. The molecule has 39 heavy (non-hydrogen) atoms. The smallest absolute Gasteiger partial charge is 0.264 e. The molecular formula is C29H34ClN3O5S. The van der Waals surface area contributed by atoms with Crippen molar-refractivity contribution in [3.63, 3.8) is 0 Å². The van der Waals surface area contributed by atoms with Crippen molar-refractivity contribution in [3.8, 4) is 5.75 Å². The van der Waals surface area contributed by atoms with E-state index in [0.717, 1.165) is 22.7 Å². The normalized spacial score (nSPS) is 11.9. The highest BCUT2D eigenvalue weighted by atomic mass is 35.5. The van der Waals surface area contributed by atoms with Gasteiger partial charge in [-0.1, -0.05) is 73.5 Å². The van der Waals surface area contributed by atoms with Crippen LogP contribution in [0.3, 0.4) is 0 Å². The summed E-state index contributed by atoms with van der Waals surface area (Å²) in [5.41, 5.74) is 0.916. The Bertz CT molecular complexity index is 1350. The fourth-order valence-electron chi connectivity index (χ4n) is 3.99. The summed E-state index contributed by atoms with van der Waals surface area (Å²) in [6.45, 7) is 3.69. The Hall–Kier alpha value is -3.56. The molecule has 0 saturated carbocycles. The average Bonchev–Trinajstić information content (AvgIpc) is 2.95. The lowest BCUT2D eigenvalue weighted by atomic mass is 10.1. The van der Waals surface area contributed by atoms with E-state index in [2.05, 4.69) is 5.32 Å². The fraction of sp³-hybridized carbons (Fsp3) is 0.310. The van der Waals surface area contributed by atoms with Crippen LogP contribution < -0.4 is 14.4 Å². The number of amides is 2. The van der Waals surface area contributed by atoms with E-state index in [4.69, 9.17) is 16.3 Å². The number of rotatable bonds is 13. The minimum atomic E-state index is -4.22. The van der Waals surface area contributed by atoms with E-state index < -0.39 is 28.5 Å². The van der Waals surface area contributed by atoms with E-state index >= 15 is 0 Å². The Labute approximate surface area is 235 Å². The highest BCUT2D eigenvalue weighted by Crippen LogP contribution is 2.35. The van der Waals surface area contributed by atoms with Gasteiger partial charge in [-0.25, -0.2) is 8.42 Å². The van der Waals surface area contributed by atoms with Gasteiger partial charge in [0.05, 0.1) is 17.7 Å². The molecule has 10 heteroatoms. The molecule has 0 unspecified atom stereocenters. The third kappa shape index (κ3) is 7.74. The quantitative estimate of drug-likeness (QED) is 0.295. The Morgan fingerprint density at radius 1 is 1.00 bits per heavy atom. The van der Waals surface area contributed by atoms with Gasteiger partial charge in [0.15, 0.2) is 0 Å². The summed E-state index contributed by atoms with van der Waals surface area (Å²) in [4.78, 5) is 28.3. The second-order valence-corrected chi connectivity index (χ2v) is 11.3. The van der Waals surface area contributed by atoms with Crippen molar-refractivity contribution >= 4 is 39.1 Å². The first-order chi connectivity index (χ1) is 18.7. The number of nitrogens with zero attached hydrogens (tertiary/aromatic N) is 2. The summed E-state index contributed by atoms with van der Waals surface area (Å²) in [6, 6.07) is 20.8. The van der Waals surface area contributed by atoms with Crippen LogP contribution in [-0.4, -0.2) is 51.4 Å². The number of nitrogens with one attached hydrogen (secondary N) is 1. The van der Waals surface area contributed by atoms with E-state index in [0.29, 0.717) is 6.54 Å². The standard InChI is InChI=1S/C29H34ClN3O5S/c1-4-5-18-31-29(35)22(2)32(20-23-12-8-6-9-13-23)28(34)21-33(26-19-24(30)16-17-27(26)38-3)39(36,37)25-14-10-7-11-15-25/h6-17,19,22H,4-5,18,20-21H2,1-3H3,(H,31,35)/t22-/m1/s1. The van der Waals surface area contributed by atoms with E-state index in [9.17, 15) is 18.0 Å². The predicted octanol–water partition coefficient (Wildman–Crippen LogP) is 4.88. The fourth-order valence-corrected chi connectivity index (χ4v) is 5.59. The predicted molar refractivity (Wildman–Crippen MR) is 153 cm³/mol. The largest absolute Gasteiger partial charge is 0.495 e. The molecule has 2 amide bonds. The number of unbranched alkanes of at least 4 members (excludes halogenated alkanes) is 1. The molecule has 0 aromatic heterocycles. The zero-order valence-corrected chi connectivity index (χ0v) is 23.9. The maximum Gasteiger partial charge on any atom is 0.264 e. The summed E-state index contributed by atoms with van der Waals surface area (Å²) >= 11 is 6.25. The molecule has 0 heterocycles. The zero-order valence-electron chi connectivity index (χ0n) is 22.3. The molecule has 0 aliphatic rings. The number of hydrogen-bond acceptors (Lipinski definition) is 5. The topological polar surface area (TPSA) is 96.0 Å². The number of carbonyl (C=O) groups excluding carboxylic acids is 2. The molecule has 1 N–H and O–H groups in total.